The number of anilines is 1. The van der Waals surface area contributed by atoms with Crippen molar-refractivity contribution in [3.63, 3.8) is 0 Å². The lowest BCUT2D eigenvalue weighted by molar-refractivity contribution is 0.569. The Hall–Kier alpha value is -1.45. The average Bonchev–Trinajstić information content (AvgIpc) is 2.47. The van der Waals surface area contributed by atoms with Gasteiger partial charge in [-0.2, -0.15) is 0 Å². The Bertz CT molecular complexity index is 401. The molecule has 2 rings (SSSR count). The summed E-state index contributed by atoms with van der Waals surface area (Å²) < 4.78 is 0. The van der Waals surface area contributed by atoms with Gasteiger partial charge in [0.2, 0.25) is 5.95 Å². The molecule has 4 heteroatoms. The molecule has 2 heterocycles. The van der Waals surface area contributed by atoms with Gasteiger partial charge in [-0.15, -0.1) is 0 Å². The first kappa shape index (κ1) is 9.12. The van der Waals surface area contributed by atoms with Gasteiger partial charge in [0.05, 0.1) is 11.4 Å². The first-order valence-corrected chi connectivity index (χ1v) is 4.68. The number of rotatable bonds is 0. The number of hydrogen-bond acceptors (Lipinski definition) is 4. The number of nitrogens with two attached hydrogens (primary N) is 1. The molecule has 0 saturated carbocycles. The highest BCUT2D eigenvalue weighted by atomic mass is 15.0. The van der Waals surface area contributed by atoms with E-state index in [0.29, 0.717) is 5.95 Å². The number of fused-ring (bicyclic) bond motifs is 1. The molecule has 74 valence electrons. The highest BCUT2D eigenvalue weighted by Crippen LogP contribution is 2.34. The number of hydrogen-bond donors (Lipinski definition) is 1. The van der Waals surface area contributed by atoms with Crippen LogP contribution in [0.15, 0.2) is 4.99 Å². The Morgan fingerprint density at radius 1 is 1.29 bits per heavy atom. The Morgan fingerprint density at radius 3 is 2.64 bits per heavy atom. The third-order valence-electron chi connectivity index (χ3n) is 2.19. The summed E-state index contributed by atoms with van der Waals surface area (Å²) in [5.41, 5.74) is 8.41. The van der Waals surface area contributed by atoms with Crippen molar-refractivity contribution >= 4 is 17.9 Å². The fraction of sp³-hybridized carbons (Fsp3) is 0.500. The van der Waals surface area contributed by atoms with Crippen molar-refractivity contribution in [3.8, 4) is 0 Å². The average molecular weight is 190 g/mol. The van der Waals surface area contributed by atoms with E-state index in [0.717, 1.165) is 23.5 Å². The second-order valence-corrected chi connectivity index (χ2v) is 4.49. The van der Waals surface area contributed by atoms with Crippen molar-refractivity contribution in [2.24, 2.45) is 4.99 Å². The van der Waals surface area contributed by atoms with Gasteiger partial charge in [-0.3, -0.25) is 4.99 Å². The Morgan fingerprint density at radius 2 is 2.00 bits per heavy atom. The maximum atomic E-state index is 5.65. The lowest BCUT2D eigenvalue weighted by Gasteiger charge is -2.19. The van der Waals surface area contributed by atoms with Crippen molar-refractivity contribution in [2.45, 2.75) is 32.6 Å². The van der Waals surface area contributed by atoms with Gasteiger partial charge >= 0.3 is 0 Å². The van der Waals surface area contributed by atoms with Gasteiger partial charge in [-0.05, 0) is 0 Å². The topological polar surface area (TPSA) is 64.2 Å². The predicted molar refractivity (Wildman–Crippen MR) is 57.0 cm³/mol. The van der Waals surface area contributed by atoms with Gasteiger partial charge < -0.3 is 5.73 Å². The Kier molecular flexibility index (Phi) is 1.80. The van der Waals surface area contributed by atoms with Crippen molar-refractivity contribution in [3.05, 3.63) is 11.4 Å². The smallest absolute Gasteiger partial charge is 0.220 e. The monoisotopic (exact) mass is 190 g/mol. The lowest BCUT2D eigenvalue weighted by atomic mass is 9.90. The standard InChI is InChI=1S/C10H14N4/c1-10(2,3)8-7-6(4-5-12-7)13-9(11)14-8/h5H,4H2,1-3H3,(H2,11,13,14). The molecule has 0 atom stereocenters. The van der Waals surface area contributed by atoms with E-state index >= 15 is 0 Å². The minimum absolute atomic E-state index is 0.0389. The zero-order valence-electron chi connectivity index (χ0n) is 8.70. The molecule has 0 aromatic carbocycles. The van der Waals surface area contributed by atoms with Gasteiger partial charge in [0.25, 0.3) is 0 Å². The molecule has 0 aliphatic carbocycles. The number of aromatic nitrogens is 2. The summed E-state index contributed by atoms with van der Waals surface area (Å²) in [7, 11) is 0. The molecule has 0 bridgehead atoms. The van der Waals surface area contributed by atoms with Crippen LogP contribution in [0.2, 0.25) is 0 Å². The highest BCUT2D eigenvalue weighted by Gasteiger charge is 2.25. The van der Waals surface area contributed by atoms with Crippen molar-refractivity contribution in [1.29, 1.82) is 0 Å². The summed E-state index contributed by atoms with van der Waals surface area (Å²) in [6, 6.07) is 0. The molecular weight excluding hydrogens is 176 g/mol. The molecule has 1 aromatic rings. The molecule has 0 spiro atoms. The third kappa shape index (κ3) is 1.36. The SMILES string of the molecule is CC(C)(C)c1nc(N)nc2c1N=CC2. The zero-order valence-corrected chi connectivity index (χ0v) is 8.70. The minimum atomic E-state index is -0.0389. The van der Waals surface area contributed by atoms with Crippen LogP contribution in [-0.2, 0) is 11.8 Å². The van der Waals surface area contributed by atoms with Crippen LogP contribution in [0.5, 0.6) is 0 Å². The summed E-state index contributed by atoms with van der Waals surface area (Å²) in [5, 5.41) is 0. The molecule has 1 aliphatic rings. The molecule has 0 fully saturated rings. The van der Waals surface area contributed by atoms with Gasteiger partial charge in [0.15, 0.2) is 0 Å². The van der Waals surface area contributed by atoms with Crippen LogP contribution >= 0.6 is 0 Å². The highest BCUT2D eigenvalue weighted by molar-refractivity contribution is 5.76. The van der Waals surface area contributed by atoms with Crippen LogP contribution in [0.4, 0.5) is 11.6 Å². The molecule has 14 heavy (non-hydrogen) atoms. The summed E-state index contributed by atoms with van der Waals surface area (Å²) >= 11 is 0. The van der Waals surface area contributed by atoms with Crippen LogP contribution in [0.3, 0.4) is 0 Å². The minimum Gasteiger partial charge on any atom is -0.368 e. The second-order valence-electron chi connectivity index (χ2n) is 4.49. The molecule has 4 nitrogen and oxygen atoms in total. The van der Waals surface area contributed by atoms with Crippen LogP contribution < -0.4 is 5.73 Å². The Balaban J connectivity index is 2.65. The van der Waals surface area contributed by atoms with Crippen molar-refractivity contribution < 1.29 is 0 Å². The van der Waals surface area contributed by atoms with Crippen molar-refractivity contribution in [2.75, 3.05) is 5.73 Å². The van der Waals surface area contributed by atoms with E-state index in [1.165, 1.54) is 0 Å². The van der Waals surface area contributed by atoms with Gasteiger partial charge in [-0.1, -0.05) is 20.8 Å². The molecule has 0 radical (unpaired) electrons. The van der Waals surface area contributed by atoms with E-state index in [1.54, 1.807) is 0 Å². The van der Waals surface area contributed by atoms with Gasteiger partial charge in [0, 0.05) is 18.1 Å². The summed E-state index contributed by atoms with van der Waals surface area (Å²) in [6.45, 7) is 6.30. The molecule has 1 aliphatic heterocycles. The van der Waals surface area contributed by atoms with Crippen LogP contribution in [0.25, 0.3) is 0 Å². The van der Waals surface area contributed by atoms with E-state index in [-0.39, 0.29) is 5.41 Å². The molecule has 0 unspecified atom stereocenters. The first-order chi connectivity index (χ1) is 6.48. The Labute approximate surface area is 83.3 Å². The van der Waals surface area contributed by atoms with Gasteiger partial charge in [-0.25, -0.2) is 9.97 Å². The molecule has 2 N–H and O–H groups in total. The summed E-state index contributed by atoms with van der Waals surface area (Å²) in [6.07, 6.45) is 2.62. The van der Waals surface area contributed by atoms with E-state index in [9.17, 15) is 0 Å². The first-order valence-electron chi connectivity index (χ1n) is 4.68. The number of aliphatic imine (C=N–C) groups is 1. The number of nitrogen functional groups attached to an aromatic ring is 1. The largest absolute Gasteiger partial charge is 0.368 e. The third-order valence-corrected chi connectivity index (χ3v) is 2.19. The fourth-order valence-electron chi connectivity index (χ4n) is 1.54. The van der Waals surface area contributed by atoms with Crippen LogP contribution in [0, 0.1) is 0 Å². The van der Waals surface area contributed by atoms with E-state index < -0.39 is 0 Å². The maximum Gasteiger partial charge on any atom is 0.220 e. The van der Waals surface area contributed by atoms with Gasteiger partial charge in [0.1, 0.15) is 5.69 Å². The number of nitrogens with zero attached hydrogens (tertiary/aromatic N) is 3. The van der Waals surface area contributed by atoms with E-state index in [1.807, 2.05) is 6.21 Å². The quantitative estimate of drug-likeness (QED) is 0.676. The fourth-order valence-corrected chi connectivity index (χ4v) is 1.54. The van der Waals surface area contributed by atoms with E-state index in [2.05, 4.69) is 35.7 Å². The summed E-state index contributed by atoms with van der Waals surface area (Å²) in [5.74, 6) is 0.346. The maximum absolute atomic E-state index is 5.65. The van der Waals surface area contributed by atoms with Crippen LogP contribution in [-0.4, -0.2) is 16.2 Å². The lowest BCUT2D eigenvalue weighted by Crippen LogP contribution is -2.16. The second kappa shape index (κ2) is 2.77. The normalized spacial score (nSPS) is 14.5. The molecule has 0 amide bonds. The van der Waals surface area contributed by atoms with Crippen LogP contribution in [0.1, 0.15) is 32.2 Å². The van der Waals surface area contributed by atoms with E-state index in [4.69, 9.17) is 5.73 Å². The predicted octanol–water partition coefficient (Wildman–Crippen LogP) is 1.61. The molecule has 0 saturated heterocycles. The van der Waals surface area contributed by atoms with Crippen molar-refractivity contribution in [1.82, 2.24) is 9.97 Å². The molecule has 1 aromatic heterocycles. The summed E-state index contributed by atoms with van der Waals surface area (Å²) in [4.78, 5) is 12.7. The molecular formula is C10H14N4. The zero-order chi connectivity index (χ0) is 10.3.